The molecular weight excluding hydrogens is 318 g/mol. The van der Waals surface area contributed by atoms with E-state index >= 15 is 0 Å². The molecular formula is C15H14BrN3O. The van der Waals surface area contributed by atoms with E-state index in [1.807, 2.05) is 18.2 Å². The van der Waals surface area contributed by atoms with Gasteiger partial charge in [0.1, 0.15) is 4.60 Å². The van der Waals surface area contributed by atoms with Gasteiger partial charge in [0.2, 0.25) is 5.91 Å². The number of fused-ring (bicyclic) bond motifs is 1. The Morgan fingerprint density at radius 3 is 2.85 bits per heavy atom. The average Bonchev–Trinajstić information content (AvgIpc) is 2.78. The van der Waals surface area contributed by atoms with Crippen LogP contribution >= 0.6 is 15.9 Å². The summed E-state index contributed by atoms with van der Waals surface area (Å²) in [6.45, 7) is 9.15. The maximum absolute atomic E-state index is 10.9. The number of allylic oxidation sites excluding steroid dienone is 3. The number of hydrogen-bond acceptors (Lipinski definition) is 2. The van der Waals surface area contributed by atoms with Crippen LogP contribution in [0.5, 0.6) is 0 Å². The van der Waals surface area contributed by atoms with Crippen molar-refractivity contribution >= 4 is 38.4 Å². The third-order valence-corrected chi connectivity index (χ3v) is 3.05. The number of carbonyl (C=O) groups excluding carboxylic acids is 1. The van der Waals surface area contributed by atoms with Crippen molar-refractivity contribution in [2.24, 2.45) is 0 Å². The minimum atomic E-state index is -0.148. The highest BCUT2D eigenvalue weighted by molar-refractivity contribution is 9.10. The van der Waals surface area contributed by atoms with Crippen LogP contribution in [0, 0.1) is 0 Å². The average molecular weight is 332 g/mol. The second-order valence-corrected chi connectivity index (χ2v) is 5.13. The summed E-state index contributed by atoms with van der Waals surface area (Å²) in [6.07, 6.45) is 3.50. The van der Waals surface area contributed by atoms with Gasteiger partial charge in [-0.15, -0.1) is 0 Å². The molecule has 0 saturated heterocycles. The van der Waals surface area contributed by atoms with E-state index in [9.17, 15) is 4.79 Å². The maximum atomic E-state index is 10.9. The molecule has 0 aromatic carbocycles. The minimum absolute atomic E-state index is 0.148. The van der Waals surface area contributed by atoms with Crippen LogP contribution in [-0.2, 0) is 4.79 Å². The molecule has 0 bridgehead atoms. The van der Waals surface area contributed by atoms with Gasteiger partial charge in [-0.1, -0.05) is 19.2 Å². The number of amides is 1. The molecule has 1 amide bonds. The third-order valence-electron chi connectivity index (χ3n) is 2.61. The van der Waals surface area contributed by atoms with E-state index in [2.05, 4.69) is 44.4 Å². The first-order valence-corrected chi connectivity index (χ1v) is 6.74. The lowest BCUT2D eigenvalue weighted by Gasteiger charge is -2.00. The maximum Gasteiger partial charge on any atom is 0.221 e. The Labute approximate surface area is 125 Å². The van der Waals surface area contributed by atoms with E-state index in [4.69, 9.17) is 0 Å². The van der Waals surface area contributed by atoms with Crippen molar-refractivity contribution in [3.8, 4) is 0 Å². The molecule has 0 radical (unpaired) electrons. The first kappa shape index (κ1) is 14.3. The van der Waals surface area contributed by atoms with Crippen LogP contribution < -0.4 is 5.32 Å². The Bertz CT molecular complexity index is 728. The monoisotopic (exact) mass is 331 g/mol. The molecule has 2 aromatic rings. The lowest BCUT2D eigenvalue weighted by atomic mass is 10.2. The number of carbonyl (C=O) groups is 1. The van der Waals surface area contributed by atoms with Crippen molar-refractivity contribution in [3.05, 3.63) is 59.5 Å². The SMILES string of the molecule is C=C(/C=C\C(=C)c1cc2nc(Br)ccc2[nH]1)NC(C)=O. The molecule has 4 nitrogen and oxygen atoms in total. The van der Waals surface area contributed by atoms with Gasteiger partial charge in [-0.3, -0.25) is 4.79 Å². The highest BCUT2D eigenvalue weighted by atomic mass is 79.9. The largest absolute Gasteiger partial charge is 0.353 e. The van der Waals surface area contributed by atoms with Crippen LogP contribution in [0.15, 0.2) is 53.8 Å². The summed E-state index contributed by atoms with van der Waals surface area (Å²) < 4.78 is 0.788. The number of halogens is 1. The van der Waals surface area contributed by atoms with E-state index in [0.717, 1.165) is 26.9 Å². The summed E-state index contributed by atoms with van der Waals surface area (Å²) >= 11 is 3.34. The van der Waals surface area contributed by atoms with Crippen molar-refractivity contribution in [3.63, 3.8) is 0 Å². The number of aromatic nitrogens is 2. The van der Waals surface area contributed by atoms with Crippen LogP contribution in [0.3, 0.4) is 0 Å². The fraction of sp³-hybridized carbons (Fsp3) is 0.0667. The fourth-order valence-corrected chi connectivity index (χ4v) is 2.04. The number of aromatic amines is 1. The van der Waals surface area contributed by atoms with E-state index in [-0.39, 0.29) is 5.91 Å². The normalized spacial score (nSPS) is 10.9. The summed E-state index contributed by atoms with van der Waals surface area (Å²) in [5.41, 5.74) is 3.99. The van der Waals surface area contributed by atoms with Gasteiger partial charge in [-0.25, -0.2) is 4.98 Å². The molecule has 20 heavy (non-hydrogen) atoms. The van der Waals surface area contributed by atoms with Gasteiger partial charge in [0.25, 0.3) is 0 Å². The Hall–Kier alpha value is -2.14. The molecule has 0 aliphatic rings. The predicted molar refractivity (Wildman–Crippen MR) is 84.9 cm³/mol. The standard InChI is InChI=1S/C15H14BrN3O/c1-9(4-5-10(2)17-11(3)20)13-8-14-12(18-13)6-7-15(16)19-14/h4-8,18H,1-2H2,3H3,(H,17,20)/b5-4-. The van der Waals surface area contributed by atoms with E-state index < -0.39 is 0 Å². The Balaban J connectivity index is 2.17. The summed E-state index contributed by atoms with van der Waals surface area (Å²) in [5.74, 6) is -0.148. The van der Waals surface area contributed by atoms with Gasteiger partial charge >= 0.3 is 0 Å². The van der Waals surface area contributed by atoms with Gasteiger partial charge in [-0.2, -0.15) is 0 Å². The van der Waals surface area contributed by atoms with E-state index in [1.54, 1.807) is 12.2 Å². The number of nitrogens with one attached hydrogen (secondary N) is 2. The highest BCUT2D eigenvalue weighted by Crippen LogP contribution is 2.21. The summed E-state index contributed by atoms with van der Waals surface area (Å²) in [5, 5.41) is 2.59. The predicted octanol–water partition coefficient (Wildman–Crippen LogP) is 3.54. The number of H-pyrrole nitrogens is 1. The van der Waals surface area contributed by atoms with Gasteiger partial charge in [-0.05, 0) is 45.8 Å². The summed E-state index contributed by atoms with van der Waals surface area (Å²) in [4.78, 5) is 18.5. The topological polar surface area (TPSA) is 57.8 Å². The Morgan fingerprint density at radius 1 is 1.40 bits per heavy atom. The van der Waals surface area contributed by atoms with Gasteiger partial charge in [0.15, 0.2) is 0 Å². The Morgan fingerprint density at radius 2 is 2.15 bits per heavy atom. The lowest BCUT2D eigenvalue weighted by molar-refractivity contribution is -0.118. The second-order valence-electron chi connectivity index (χ2n) is 4.31. The van der Waals surface area contributed by atoms with Crippen LogP contribution in [-0.4, -0.2) is 15.9 Å². The first-order valence-electron chi connectivity index (χ1n) is 5.95. The molecule has 0 fully saturated rings. The molecule has 5 heteroatoms. The minimum Gasteiger partial charge on any atom is -0.353 e. The molecule has 2 N–H and O–H groups in total. The van der Waals surface area contributed by atoms with Crippen LogP contribution in [0.4, 0.5) is 0 Å². The zero-order chi connectivity index (χ0) is 14.7. The molecule has 102 valence electrons. The number of rotatable bonds is 4. The number of hydrogen-bond donors (Lipinski definition) is 2. The highest BCUT2D eigenvalue weighted by Gasteiger charge is 2.04. The van der Waals surface area contributed by atoms with E-state index in [0.29, 0.717) is 5.70 Å². The molecule has 0 atom stereocenters. The molecule has 0 spiro atoms. The zero-order valence-electron chi connectivity index (χ0n) is 11.0. The lowest BCUT2D eigenvalue weighted by Crippen LogP contribution is -2.16. The number of pyridine rings is 1. The van der Waals surface area contributed by atoms with Crippen LogP contribution in [0.25, 0.3) is 16.6 Å². The van der Waals surface area contributed by atoms with Crippen LogP contribution in [0.1, 0.15) is 12.6 Å². The molecule has 2 rings (SSSR count). The third kappa shape index (κ3) is 3.45. The molecule has 0 aliphatic carbocycles. The van der Waals surface area contributed by atoms with Crippen LogP contribution in [0.2, 0.25) is 0 Å². The zero-order valence-corrected chi connectivity index (χ0v) is 12.6. The number of nitrogens with zero attached hydrogens (tertiary/aromatic N) is 1. The first-order chi connectivity index (χ1) is 9.45. The summed E-state index contributed by atoms with van der Waals surface area (Å²) in [7, 11) is 0. The molecule has 0 aliphatic heterocycles. The fourth-order valence-electron chi connectivity index (χ4n) is 1.72. The van der Waals surface area contributed by atoms with Crippen molar-refractivity contribution in [2.45, 2.75) is 6.92 Å². The quantitative estimate of drug-likeness (QED) is 0.665. The second kappa shape index (κ2) is 5.88. The Kier molecular flexibility index (Phi) is 4.20. The molecule has 0 unspecified atom stereocenters. The van der Waals surface area contributed by atoms with Gasteiger partial charge in [0, 0.05) is 18.3 Å². The molecule has 0 saturated carbocycles. The van der Waals surface area contributed by atoms with Crippen molar-refractivity contribution in [2.75, 3.05) is 0 Å². The van der Waals surface area contributed by atoms with Crippen molar-refractivity contribution < 1.29 is 4.79 Å². The van der Waals surface area contributed by atoms with Gasteiger partial charge in [0.05, 0.1) is 11.0 Å². The van der Waals surface area contributed by atoms with Crippen molar-refractivity contribution in [1.29, 1.82) is 0 Å². The smallest absolute Gasteiger partial charge is 0.221 e. The summed E-state index contributed by atoms with van der Waals surface area (Å²) in [6, 6.07) is 5.75. The van der Waals surface area contributed by atoms with Gasteiger partial charge < -0.3 is 10.3 Å². The van der Waals surface area contributed by atoms with Crippen molar-refractivity contribution in [1.82, 2.24) is 15.3 Å². The molecule has 2 heterocycles. The van der Waals surface area contributed by atoms with E-state index in [1.165, 1.54) is 6.92 Å². The molecule has 2 aromatic heterocycles.